The van der Waals surface area contributed by atoms with Crippen LogP contribution in [0.1, 0.15) is 6.42 Å². The molecule has 1 atom stereocenters. The van der Waals surface area contributed by atoms with Crippen molar-refractivity contribution >= 4 is 28.3 Å². The monoisotopic (exact) mass is 327 g/mol. The van der Waals surface area contributed by atoms with Gasteiger partial charge in [-0.15, -0.1) is 0 Å². The van der Waals surface area contributed by atoms with Crippen molar-refractivity contribution in [3.05, 3.63) is 48.3 Å². The molecule has 4 heterocycles. The van der Waals surface area contributed by atoms with Crippen LogP contribution in [0.4, 0.5) is 5.82 Å². The SMILES string of the molecule is Clc1cnccc1OC1CCN(c2ncnc3cnccc23)C1. The second-order valence-corrected chi connectivity index (χ2v) is 5.78. The average Bonchev–Trinajstić information content (AvgIpc) is 3.05. The van der Waals surface area contributed by atoms with Crippen molar-refractivity contribution in [2.45, 2.75) is 12.5 Å². The first-order valence-corrected chi connectivity index (χ1v) is 7.75. The Bertz CT molecular complexity index is 838. The van der Waals surface area contributed by atoms with Crippen LogP contribution >= 0.6 is 11.6 Å². The van der Waals surface area contributed by atoms with Gasteiger partial charge in [-0.3, -0.25) is 9.97 Å². The average molecular weight is 328 g/mol. The Morgan fingerprint density at radius 1 is 1.13 bits per heavy atom. The minimum absolute atomic E-state index is 0.0711. The maximum Gasteiger partial charge on any atom is 0.141 e. The lowest BCUT2D eigenvalue weighted by Gasteiger charge is -2.19. The Hall–Kier alpha value is -2.47. The third-order valence-electron chi connectivity index (χ3n) is 3.89. The molecule has 3 aromatic rings. The summed E-state index contributed by atoms with van der Waals surface area (Å²) in [5.41, 5.74) is 0.846. The van der Waals surface area contributed by atoms with Crippen LogP contribution in [0.2, 0.25) is 5.02 Å². The van der Waals surface area contributed by atoms with Crippen LogP contribution in [0.3, 0.4) is 0 Å². The molecule has 0 bridgehead atoms. The summed E-state index contributed by atoms with van der Waals surface area (Å²) < 4.78 is 6.00. The van der Waals surface area contributed by atoms with E-state index in [4.69, 9.17) is 16.3 Å². The van der Waals surface area contributed by atoms with Gasteiger partial charge in [0.2, 0.25) is 0 Å². The smallest absolute Gasteiger partial charge is 0.141 e. The van der Waals surface area contributed by atoms with Crippen LogP contribution < -0.4 is 9.64 Å². The Morgan fingerprint density at radius 3 is 2.91 bits per heavy atom. The number of ether oxygens (including phenoxy) is 1. The fourth-order valence-corrected chi connectivity index (χ4v) is 2.96. The van der Waals surface area contributed by atoms with Gasteiger partial charge in [0.05, 0.1) is 18.3 Å². The molecular weight excluding hydrogens is 314 g/mol. The second kappa shape index (κ2) is 5.96. The second-order valence-electron chi connectivity index (χ2n) is 5.37. The highest BCUT2D eigenvalue weighted by atomic mass is 35.5. The van der Waals surface area contributed by atoms with Gasteiger partial charge >= 0.3 is 0 Å². The van der Waals surface area contributed by atoms with E-state index >= 15 is 0 Å². The molecule has 4 rings (SSSR count). The lowest BCUT2D eigenvalue weighted by Crippen LogP contribution is -2.25. The summed E-state index contributed by atoms with van der Waals surface area (Å²) in [6.45, 7) is 1.63. The van der Waals surface area contributed by atoms with E-state index in [9.17, 15) is 0 Å². The van der Waals surface area contributed by atoms with E-state index in [2.05, 4.69) is 24.8 Å². The molecule has 23 heavy (non-hydrogen) atoms. The molecular formula is C16H14ClN5O. The van der Waals surface area contributed by atoms with Gasteiger partial charge < -0.3 is 9.64 Å². The van der Waals surface area contributed by atoms with Gasteiger partial charge in [0, 0.05) is 43.0 Å². The van der Waals surface area contributed by atoms with Crippen LogP contribution in [-0.4, -0.2) is 39.1 Å². The number of hydrogen-bond donors (Lipinski definition) is 0. The zero-order valence-electron chi connectivity index (χ0n) is 12.3. The summed E-state index contributed by atoms with van der Waals surface area (Å²) in [6.07, 6.45) is 9.34. The Kier molecular flexibility index (Phi) is 3.67. The lowest BCUT2D eigenvalue weighted by molar-refractivity contribution is 0.225. The molecule has 116 valence electrons. The topological polar surface area (TPSA) is 64.0 Å². The molecule has 3 aromatic heterocycles. The number of aromatic nitrogens is 4. The molecule has 1 fully saturated rings. The number of rotatable bonds is 3. The predicted octanol–water partition coefficient (Wildman–Crippen LogP) is 2.73. The molecule has 1 aliphatic heterocycles. The molecule has 1 aliphatic rings. The Balaban J connectivity index is 1.55. The number of anilines is 1. The quantitative estimate of drug-likeness (QED) is 0.737. The van der Waals surface area contributed by atoms with Crippen molar-refractivity contribution in [2.24, 2.45) is 0 Å². The van der Waals surface area contributed by atoms with Crippen LogP contribution in [0, 0.1) is 0 Å². The van der Waals surface area contributed by atoms with Crippen LogP contribution in [0.5, 0.6) is 5.75 Å². The maximum absolute atomic E-state index is 6.11. The van der Waals surface area contributed by atoms with Crippen molar-refractivity contribution in [1.82, 2.24) is 19.9 Å². The normalized spacial score (nSPS) is 17.6. The lowest BCUT2D eigenvalue weighted by atomic mass is 10.3. The van der Waals surface area contributed by atoms with Gasteiger partial charge in [-0.25, -0.2) is 9.97 Å². The van der Waals surface area contributed by atoms with Gasteiger partial charge in [0.25, 0.3) is 0 Å². The third kappa shape index (κ3) is 2.77. The number of pyridine rings is 2. The molecule has 0 saturated carbocycles. The molecule has 0 spiro atoms. The Morgan fingerprint density at radius 2 is 2.00 bits per heavy atom. The molecule has 0 aromatic carbocycles. The van der Waals surface area contributed by atoms with Crippen molar-refractivity contribution < 1.29 is 4.74 Å². The van der Waals surface area contributed by atoms with Crippen molar-refractivity contribution in [3.8, 4) is 5.75 Å². The van der Waals surface area contributed by atoms with Gasteiger partial charge in [0.1, 0.15) is 29.0 Å². The largest absolute Gasteiger partial charge is 0.487 e. The van der Waals surface area contributed by atoms with Crippen LogP contribution in [-0.2, 0) is 0 Å². The minimum Gasteiger partial charge on any atom is -0.487 e. The maximum atomic E-state index is 6.11. The zero-order valence-corrected chi connectivity index (χ0v) is 13.0. The molecule has 0 amide bonds. The van der Waals surface area contributed by atoms with E-state index in [-0.39, 0.29) is 6.10 Å². The zero-order chi connectivity index (χ0) is 15.6. The van der Waals surface area contributed by atoms with Crippen LogP contribution in [0.15, 0.2) is 43.2 Å². The number of nitrogens with zero attached hydrogens (tertiary/aromatic N) is 5. The number of halogens is 1. The fraction of sp³-hybridized carbons (Fsp3) is 0.250. The standard InChI is InChI=1S/C16H14ClN5O/c17-13-7-18-5-2-15(13)23-11-3-6-22(9-11)16-12-1-4-19-8-14(12)20-10-21-16/h1-2,4-5,7-8,10-11H,3,6,9H2. The summed E-state index contributed by atoms with van der Waals surface area (Å²) in [7, 11) is 0. The summed E-state index contributed by atoms with van der Waals surface area (Å²) in [4.78, 5) is 19.0. The molecule has 1 saturated heterocycles. The van der Waals surface area contributed by atoms with Crippen LogP contribution in [0.25, 0.3) is 10.9 Å². The van der Waals surface area contributed by atoms with E-state index in [1.807, 2.05) is 6.07 Å². The fourth-order valence-electron chi connectivity index (χ4n) is 2.80. The number of fused-ring (bicyclic) bond motifs is 1. The van der Waals surface area contributed by atoms with E-state index in [0.29, 0.717) is 10.8 Å². The minimum atomic E-state index is 0.0711. The van der Waals surface area contributed by atoms with Gasteiger partial charge in [0.15, 0.2) is 0 Å². The number of hydrogen-bond acceptors (Lipinski definition) is 6. The summed E-state index contributed by atoms with van der Waals surface area (Å²) >= 11 is 6.11. The van der Waals surface area contributed by atoms with Crippen molar-refractivity contribution in [1.29, 1.82) is 0 Å². The Labute approximate surface area is 138 Å². The summed E-state index contributed by atoms with van der Waals surface area (Å²) in [5, 5.41) is 1.54. The van der Waals surface area contributed by atoms with Gasteiger partial charge in [-0.1, -0.05) is 11.6 Å². The van der Waals surface area contributed by atoms with Crippen molar-refractivity contribution in [3.63, 3.8) is 0 Å². The van der Waals surface area contributed by atoms with Gasteiger partial charge in [-0.05, 0) is 6.07 Å². The summed E-state index contributed by atoms with van der Waals surface area (Å²) in [5.74, 6) is 1.59. The molecule has 0 N–H and O–H groups in total. The molecule has 0 aliphatic carbocycles. The van der Waals surface area contributed by atoms with E-state index in [1.165, 1.54) is 0 Å². The molecule has 6 nitrogen and oxygen atoms in total. The first kappa shape index (κ1) is 14.1. The molecule has 0 radical (unpaired) electrons. The van der Waals surface area contributed by atoms with Gasteiger partial charge in [-0.2, -0.15) is 0 Å². The predicted molar refractivity (Wildman–Crippen MR) is 87.8 cm³/mol. The van der Waals surface area contributed by atoms with Crippen molar-refractivity contribution in [2.75, 3.05) is 18.0 Å². The highest BCUT2D eigenvalue weighted by Crippen LogP contribution is 2.29. The highest BCUT2D eigenvalue weighted by molar-refractivity contribution is 6.31. The van der Waals surface area contributed by atoms with E-state index in [1.54, 1.807) is 37.2 Å². The van der Waals surface area contributed by atoms with E-state index < -0.39 is 0 Å². The summed E-state index contributed by atoms with van der Waals surface area (Å²) in [6, 6.07) is 3.73. The molecule has 7 heteroatoms. The van der Waals surface area contributed by atoms with E-state index in [0.717, 1.165) is 36.2 Å². The third-order valence-corrected chi connectivity index (χ3v) is 4.18. The first-order chi connectivity index (χ1) is 11.3. The molecule has 1 unspecified atom stereocenters. The first-order valence-electron chi connectivity index (χ1n) is 7.37. The highest BCUT2D eigenvalue weighted by Gasteiger charge is 2.26.